The number of hydrogen-bond donors (Lipinski definition) is 2. The van der Waals surface area contributed by atoms with E-state index in [0.29, 0.717) is 11.5 Å². The van der Waals surface area contributed by atoms with Crippen molar-refractivity contribution in [3.8, 4) is 11.5 Å². The second kappa shape index (κ2) is 6.06. The lowest BCUT2D eigenvalue weighted by Crippen LogP contribution is -2.32. The predicted molar refractivity (Wildman–Crippen MR) is 75.2 cm³/mol. The number of halogens is 1. The fourth-order valence-electron chi connectivity index (χ4n) is 1.61. The lowest BCUT2D eigenvalue weighted by atomic mass is 10.2. The number of nitrogens with one attached hydrogen (secondary N) is 1. The number of anilines is 1. The van der Waals surface area contributed by atoms with Gasteiger partial charge in [-0.15, -0.1) is 0 Å². The molecule has 0 saturated carbocycles. The van der Waals surface area contributed by atoms with Crippen LogP contribution in [0.1, 0.15) is 6.92 Å². The van der Waals surface area contributed by atoms with Crippen LogP contribution in [0.2, 0.25) is 0 Å². The van der Waals surface area contributed by atoms with Crippen molar-refractivity contribution in [2.45, 2.75) is 13.0 Å². The van der Waals surface area contributed by atoms with Gasteiger partial charge in [0.2, 0.25) is 5.91 Å². The molecule has 104 valence electrons. The maximum absolute atomic E-state index is 12.8. The zero-order valence-electron chi connectivity index (χ0n) is 11.0. The fourth-order valence-corrected chi connectivity index (χ4v) is 1.61. The number of benzene rings is 2. The third kappa shape index (κ3) is 3.71. The third-order valence-electron chi connectivity index (χ3n) is 2.69. The Morgan fingerprint density at radius 2 is 1.90 bits per heavy atom. The molecule has 0 spiro atoms. The van der Waals surface area contributed by atoms with Crippen LogP contribution in [-0.2, 0) is 4.79 Å². The van der Waals surface area contributed by atoms with Crippen molar-refractivity contribution in [3.63, 3.8) is 0 Å². The Balaban J connectivity index is 2.09. The van der Waals surface area contributed by atoms with Crippen LogP contribution in [0.25, 0.3) is 0 Å². The molecule has 2 aromatic carbocycles. The molecule has 0 bridgehead atoms. The maximum atomic E-state index is 12.8. The largest absolute Gasteiger partial charge is 0.457 e. The quantitative estimate of drug-likeness (QED) is 0.881. The van der Waals surface area contributed by atoms with Gasteiger partial charge in [-0.05, 0) is 43.3 Å². The molecule has 0 radical (unpaired) electrons. The van der Waals surface area contributed by atoms with E-state index in [9.17, 15) is 9.18 Å². The monoisotopic (exact) mass is 274 g/mol. The highest BCUT2D eigenvalue weighted by atomic mass is 19.1. The first-order valence-corrected chi connectivity index (χ1v) is 6.14. The molecule has 0 aliphatic rings. The molecule has 4 nitrogen and oxygen atoms in total. The average Bonchev–Trinajstić information content (AvgIpc) is 2.42. The summed E-state index contributed by atoms with van der Waals surface area (Å²) in [6.45, 7) is 1.68. The van der Waals surface area contributed by atoms with Crippen LogP contribution in [-0.4, -0.2) is 11.9 Å². The Morgan fingerprint density at radius 3 is 2.55 bits per heavy atom. The van der Waals surface area contributed by atoms with Crippen LogP contribution in [0.4, 0.5) is 10.1 Å². The van der Waals surface area contributed by atoms with Gasteiger partial charge in [0.05, 0.1) is 0 Å². The van der Waals surface area contributed by atoms with Gasteiger partial charge in [-0.3, -0.25) is 4.79 Å². The molecule has 0 aliphatic heterocycles. The zero-order valence-corrected chi connectivity index (χ0v) is 11.0. The Bertz CT molecular complexity index is 599. The van der Waals surface area contributed by atoms with E-state index in [1.54, 1.807) is 43.3 Å². The van der Waals surface area contributed by atoms with Crippen molar-refractivity contribution in [2.75, 3.05) is 5.32 Å². The van der Waals surface area contributed by atoms with Gasteiger partial charge in [-0.25, -0.2) is 4.39 Å². The van der Waals surface area contributed by atoms with Crippen LogP contribution in [0.15, 0.2) is 48.5 Å². The molecule has 2 aromatic rings. The standard InChI is InChI=1S/C15H15FN2O2/c1-10(15(17)19)18-12-3-2-4-14(9-12)20-13-7-5-11(16)6-8-13/h2-10,18H,1H3,(H2,17,19). The van der Waals surface area contributed by atoms with E-state index >= 15 is 0 Å². The number of carbonyl (C=O) groups is 1. The second-order valence-electron chi connectivity index (χ2n) is 4.35. The summed E-state index contributed by atoms with van der Waals surface area (Å²) in [6.07, 6.45) is 0. The summed E-state index contributed by atoms with van der Waals surface area (Å²) in [6, 6.07) is 12.4. The van der Waals surface area contributed by atoms with Gasteiger partial charge in [0.15, 0.2) is 0 Å². The summed E-state index contributed by atoms with van der Waals surface area (Å²) >= 11 is 0. The number of hydrogen-bond acceptors (Lipinski definition) is 3. The van der Waals surface area contributed by atoms with Gasteiger partial charge in [-0.2, -0.15) is 0 Å². The third-order valence-corrected chi connectivity index (χ3v) is 2.69. The Hall–Kier alpha value is -2.56. The molecule has 0 saturated heterocycles. The van der Waals surface area contributed by atoms with Crippen molar-refractivity contribution in [1.82, 2.24) is 0 Å². The van der Waals surface area contributed by atoms with Crippen LogP contribution in [0, 0.1) is 5.82 Å². The predicted octanol–water partition coefficient (Wildman–Crippen LogP) is 2.90. The van der Waals surface area contributed by atoms with E-state index in [1.165, 1.54) is 12.1 Å². The van der Waals surface area contributed by atoms with E-state index < -0.39 is 11.9 Å². The van der Waals surface area contributed by atoms with Gasteiger partial charge in [0.25, 0.3) is 0 Å². The molecule has 5 heteroatoms. The van der Waals surface area contributed by atoms with E-state index in [1.807, 2.05) is 0 Å². The Labute approximate surface area is 116 Å². The Morgan fingerprint density at radius 1 is 1.20 bits per heavy atom. The van der Waals surface area contributed by atoms with Gasteiger partial charge >= 0.3 is 0 Å². The first-order chi connectivity index (χ1) is 9.54. The van der Waals surface area contributed by atoms with Gasteiger partial charge < -0.3 is 15.8 Å². The zero-order chi connectivity index (χ0) is 14.5. The van der Waals surface area contributed by atoms with E-state index in [-0.39, 0.29) is 5.82 Å². The van der Waals surface area contributed by atoms with E-state index in [0.717, 1.165) is 5.69 Å². The highest BCUT2D eigenvalue weighted by Crippen LogP contribution is 2.24. The molecule has 20 heavy (non-hydrogen) atoms. The number of carbonyl (C=O) groups excluding carboxylic acids is 1. The molecule has 1 unspecified atom stereocenters. The molecule has 0 heterocycles. The van der Waals surface area contributed by atoms with Crippen LogP contribution < -0.4 is 15.8 Å². The minimum Gasteiger partial charge on any atom is -0.457 e. The van der Waals surface area contributed by atoms with Gasteiger partial charge in [-0.1, -0.05) is 6.07 Å². The van der Waals surface area contributed by atoms with Crippen molar-refractivity contribution in [1.29, 1.82) is 0 Å². The minimum atomic E-state index is -0.476. The molecule has 0 aliphatic carbocycles. The molecule has 0 fully saturated rings. The number of amides is 1. The number of ether oxygens (including phenoxy) is 1. The summed E-state index contributed by atoms with van der Waals surface area (Å²) in [5.74, 6) is 0.364. The van der Waals surface area contributed by atoms with E-state index in [2.05, 4.69) is 5.32 Å². The molecule has 2 rings (SSSR count). The molecule has 1 amide bonds. The second-order valence-corrected chi connectivity index (χ2v) is 4.35. The van der Waals surface area contributed by atoms with Gasteiger partial charge in [0, 0.05) is 11.8 Å². The summed E-state index contributed by atoms with van der Waals surface area (Å²) < 4.78 is 18.4. The Kier molecular flexibility index (Phi) is 4.20. The molecular formula is C15H15FN2O2. The van der Waals surface area contributed by atoms with Crippen molar-refractivity contribution < 1.29 is 13.9 Å². The average molecular weight is 274 g/mol. The van der Waals surface area contributed by atoms with Crippen molar-refractivity contribution in [2.24, 2.45) is 5.73 Å². The van der Waals surface area contributed by atoms with Crippen molar-refractivity contribution >= 4 is 11.6 Å². The molecular weight excluding hydrogens is 259 g/mol. The summed E-state index contributed by atoms with van der Waals surface area (Å²) in [4.78, 5) is 11.0. The fraction of sp³-hybridized carbons (Fsp3) is 0.133. The van der Waals surface area contributed by atoms with Crippen molar-refractivity contribution in [3.05, 3.63) is 54.3 Å². The minimum absolute atomic E-state index is 0.317. The number of rotatable bonds is 5. The summed E-state index contributed by atoms with van der Waals surface area (Å²) in [5.41, 5.74) is 5.91. The summed E-state index contributed by atoms with van der Waals surface area (Å²) in [5, 5.41) is 2.96. The summed E-state index contributed by atoms with van der Waals surface area (Å²) in [7, 11) is 0. The highest BCUT2D eigenvalue weighted by molar-refractivity contribution is 5.82. The van der Waals surface area contributed by atoms with Gasteiger partial charge in [0.1, 0.15) is 23.4 Å². The van der Waals surface area contributed by atoms with Crippen LogP contribution in [0.5, 0.6) is 11.5 Å². The smallest absolute Gasteiger partial charge is 0.239 e. The maximum Gasteiger partial charge on any atom is 0.239 e. The number of nitrogens with two attached hydrogens (primary N) is 1. The number of primary amides is 1. The first kappa shape index (κ1) is 13.9. The van der Waals surface area contributed by atoms with Crippen LogP contribution >= 0.6 is 0 Å². The SMILES string of the molecule is CC(Nc1cccc(Oc2ccc(F)cc2)c1)C(N)=O. The van der Waals surface area contributed by atoms with Crippen LogP contribution in [0.3, 0.4) is 0 Å². The highest BCUT2D eigenvalue weighted by Gasteiger charge is 2.08. The first-order valence-electron chi connectivity index (χ1n) is 6.14. The normalized spacial score (nSPS) is 11.7. The lowest BCUT2D eigenvalue weighted by molar-refractivity contribution is -0.118. The van der Waals surface area contributed by atoms with E-state index in [4.69, 9.17) is 10.5 Å². The topological polar surface area (TPSA) is 64.3 Å². The molecule has 3 N–H and O–H groups in total. The molecule has 1 atom stereocenters. The lowest BCUT2D eigenvalue weighted by Gasteiger charge is -2.13. The molecule has 0 aromatic heterocycles.